The summed E-state index contributed by atoms with van der Waals surface area (Å²) in [6.45, 7) is 3.95. The molecule has 0 heterocycles. The van der Waals surface area contributed by atoms with Gasteiger partial charge in [-0.1, -0.05) is 6.08 Å². The van der Waals surface area contributed by atoms with Gasteiger partial charge >= 0.3 is 0 Å². The first-order valence-corrected chi connectivity index (χ1v) is 4.14. The van der Waals surface area contributed by atoms with Crippen LogP contribution in [-0.2, 0) is 0 Å². The van der Waals surface area contributed by atoms with Crippen LogP contribution < -0.4 is 16.4 Å². The van der Waals surface area contributed by atoms with E-state index in [1.165, 1.54) is 0 Å². The molecule has 0 aromatic rings. The highest BCUT2D eigenvalue weighted by atomic mass is 15.0. The minimum absolute atomic E-state index is 0.0756. The monoisotopic (exact) mass is 169 g/mol. The Morgan fingerprint density at radius 1 is 1.33 bits per heavy atom. The molecule has 0 saturated carbocycles. The van der Waals surface area contributed by atoms with Crippen molar-refractivity contribution in [3.8, 4) is 0 Å². The predicted molar refractivity (Wildman–Crippen MR) is 53.6 cm³/mol. The van der Waals surface area contributed by atoms with E-state index in [4.69, 9.17) is 5.73 Å². The summed E-state index contributed by atoms with van der Waals surface area (Å²) in [6.07, 6.45) is 4.02. The van der Waals surface area contributed by atoms with Crippen molar-refractivity contribution in [2.75, 3.05) is 14.1 Å². The van der Waals surface area contributed by atoms with E-state index in [9.17, 15) is 0 Å². The largest absolute Gasteiger partial charge is 0.375 e. The number of hydrogen-bond acceptors (Lipinski definition) is 3. The Labute approximate surface area is 74.7 Å². The van der Waals surface area contributed by atoms with Crippen molar-refractivity contribution in [1.29, 1.82) is 0 Å². The van der Waals surface area contributed by atoms with Crippen molar-refractivity contribution >= 4 is 0 Å². The molecule has 0 aromatic heterocycles. The van der Waals surface area contributed by atoms with Gasteiger partial charge < -0.3 is 16.4 Å². The molecular weight excluding hydrogens is 150 g/mol. The van der Waals surface area contributed by atoms with Gasteiger partial charge in [0.15, 0.2) is 0 Å². The van der Waals surface area contributed by atoms with Crippen molar-refractivity contribution < 1.29 is 0 Å². The molecule has 3 nitrogen and oxygen atoms in total. The van der Waals surface area contributed by atoms with Crippen LogP contribution in [0.15, 0.2) is 23.5 Å². The Kier molecular flexibility index (Phi) is 5.21. The number of nitrogens with one attached hydrogen (secondary N) is 2. The van der Waals surface area contributed by atoms with E-state index in [0.29, 0.717) is 0 Å². The van der Waals surface area contributed by atoms with Gasteiger partial charge in [-0.25, -0.2) is 0 Å². The summed E-state index contributed by atoms with van der Waals surface area (Å²) in [6, 6.07) is 0.0756. The molecule has 0 fully saturated rings. The van der Waals surface area contributed by atoms with Crippen LogP contribution in [0.25, 0.3) is 0 Å². The summed E-state index contributed by atoms with van der Waals surface area (Å²) in [7, 11) is 3.74. The molecule has 0 rings (SSSR count). The summed E-state index contributed by atoms with van der Waals surface area (Å²) in [5, 5.41) is 6.05. The molecule has 0 saturated heterocycles. The average Bonchev–Trinajstić information content (AvgIpc) is 2.06. The van der Waals surface area contributed by atoms with E-state index in [1.807, 2.05) is 40.1 Å². The SMILES string of the molecule is C/C=C(\C=C(NC)NC)C(C)N. The van der Waals surface area contributed by atoms with E-state index >= 15 is 0 Å². The van der Waals surface area contributed by atoms with Gasteiger partial charge in [0.05, 0.1) is 5.82 Å². The standard InChI is InChI=1S/C9H19N3/c1-5-8(7(2)10)6-9(11-3)12-4/h5-7,11-12H,10H2,1-4H3/b8-5+. The molecule has 0 spiro atoms. The van der Waals surface area contributed by atoms with Crippen molar-refractivity contribution in [1.82, 2.24) is 10.6 Å². The maximum atomic E-state index is 5.74. The first kappa shape index (κ1) is 11.0. The quantitative estimate of drug-likeness (QED) is 0.539. The predicted octanol–water partition coefficient (Wildman–Crippen LogP) is 0.560. The highest BCUT2D eigenvalue weighted by Crippen LogP contribution is 2.02. The second-order valence-corrected chi connectivity index (χ2v) is 2.64. The van der Waals surface area contributed by atoms with Crippen LogP contribution in [0, 0.1) is 0 Å². The van der Waals surface area contributed by atoms with Crippen LogP contribution in [0.2, 0.25) is 0 Å². The Morgan fingerprint density at radius 3 is 2.08 bits per heavy atom. The van der Waals surface area contributed by atoms with Crippen LogP contribution in [0.1, 0.15) is 13.8 Å². The second kappa shape index (κ2) is 5.66. The van der Waals surface area contributed by atoms with E-state index in [1.54, 1.807) is 0 Å². The number of hydrogen-bond donors (Lipinski definition) is 3. The van der Waals surface area contributed by atoms with Crippen LogP contribution in [0.5, 0.6) is 0 Å². The zero-order valence-corrected chi connectivity index (χ0v) is 8.31. The molecule has 12 heavy (non-hydrogen) atoms. The average molecular weight is 169 g/mol. The first-order chi connectivity index (χ1) is 5.65. The van der Waals surface area contributed by atoms with Crippen LogP contribution >= 0.6 is 0 Å². The lowest BCUT2D eigenvalue weighted by molar-refractivity contribution is 0.816. The minimum atomic E-state index is 0.0756. The molecule has 0 aromatic carbocycles. The van der Waals surface area contributed by atoms with Crippen LogP contribution in [-0.4, -0.2) is 20.1 Å². The highest BCUT2D eigenvalue weighted by Gasteiger charge is 1.99. The Balaban J connectivity index is 4.45. The molecule has 1 unspecified atom stereocenters. The number of allylic oxidation sites excluding steroid dienone is 1. The lowest BCUT2D eigenvalue weighted by atomic mass is 10.1. The highest BCUT2D eigenvalue weighted by molar-refractivity contribution is 5.25. The summed E-state index contributed by atoms with van der Waals surface area (Å²) < 4.78 is 0. The van der Waals surface area contributed by atoms with Gasteiger partial charge in [0.2, 0.25) is 0 Å². The number of nitrogens with two attached hydrogens (primary N) is 1. The molecule has 0 bridgehead atoms. The molecule has 0 aliphatic carbocycles. The second-order valence-electron chi connectivity index (χ2n) is 2.64. The molecular formula is C9H19N3. The van der Waals surface area contributed by atoms with Gasteiger partial charge in [-0.2, -0.15) is 0 Å². The van der Waals surface area contributed by atoms with Gasteiger partial charge in [0.1, 0.15) is 0 Å². The Hall–Kier alpha value is -0.960. The molecule has 3 heteroatoms. The smallest absolute Gasteiger partial charge is 0.0984 e. The van der Waals surface area contributed by atoms with Crippen molar-refractivity contribution in [2.24, 2.45) is 5.73 Å². The van der Waals surface area contributed by atoms with E-state index in [0.717, 1.165) is 11.4 Å². The zero-order valence-electron chi connectivity index (χ0n) is 8.31. The molecule has 4 N–H and O–H groups in total. The third-order valence-electron chi connectivity index (χ3n) is 1.71. The molecule has 70 valence electrons. The number of rotatable bonds is 4. The van der Waals surface area contributed by atoms with E-state index < -0.39 is 0 Å². The zero-order chi connectivity index (χ0) is 9.56. The molecule has 0 radical (unpaired) electrons. The minimum Gasteiger partial charge on any atom is -0.375 e. The third kappa shape index (κ3) is 3.44. The molecule has 0 aliphatic rings. The van der Waals surface area contributed by atoms with Crippen LogP contribution in [0.3, 0.4) is 0 Å². The fourth-order valence-corrected chi connectivity index (χ4v) is 0.914. The summed E-state index contributed by atoms with van der Waals surface area (Å²) >= 11 is 0. The van der Waals surface area contributed by atoms with E-state index in [2.05, 4.69) is 10.6 Å². The Morgan fingerprint density at radius 2 is 1.83 bits per heavy atom. The third-order valence-corrected chi connectivity index (χ3v) is 1.71. The van der Waals surface area contributed by atoms with E-state index in [-0.39, 0.29) is 6.04 Å². The van der Waals surface area contributed by atoms with Gasteiger partial charge in [-0.05, 0) is 25.5 Å². The maximum absolute atomic E-state index is 5.74. The van der Waals surface area contributed by atoms with Crippen LogP contribution in [0.4, 0.5) is 0 Å². The fourth-order valence-electron chi connectivity index (χ4n) is 0.914. The maximum Gasteiger partial charge on any atom is 0.0984 e. The molecule has 0 amide bonds. The van der Waals surface area contributed by atoms with Crippen molar-refractivity contribution in [2.45, 2.75) is 19.9 Å². The van der Waals surface area contributed by atoms with Gasteiger partial charge in [0, 0.05) is 20.1 Å². The lowest BCUT2D eigenvalue weighted by Gasteiger charge is -2.10. The van der Waals surface area contributed by atoms with Gasteiger partial charge in [0.25, 0.3) is 0 Å². The van der Waals surface area contributed by atoms with Gasteiger partial charge in [-0.15, -0.1) is 0 Å². The molecule has 0 aliphatic heterocycles. The lowest BCUT2D eigenvalue weighted by Crippen LogP contribution is -2.23. The normalized spacial score (nSPS) is 13.6. The van der Waals surface area contributed by atoms with Gasteiger partial charge in [-0.3, -0.25) is 0 Å². The topological polar surface area (TPSA) is 50.1 Å². The first-order valence-electron chi connectivity index (χ1n) is 4.14. The molecule has 1 atom stereocenters. The fraction of sp³-hybridized carbons (Fsp3) is 0.556. The summed E-state index contributed by atoms with van der Waals surface area (Å²) in [5.74, 6) is 0.973. The Bertz CT molecular complexity index is 174. The van der Waals surface area contributed by atoms with Crippen molar-refractivity contribution in [3.63, 3.8) is 0 Å². The van der Waals surface area contributed by atoms with Crippen molar-refractivity contribution in [3.05, 3.63) is 23.5 Å². The summed E-state index contributed by atoms with van der Waals surface area (Å²) in [4.78, 5) is 0. The summed E-state index contributed by atoms with van der Waals surface area (Å²) in [5.41, 5.74) is 6.86.